The van der Waals surface area contributed by atoms with Gasteiger partial charge < -0.3 is 5.41 Å². The van der Waals surface area contributed by atoms with E-state index in [0.29, 0.717) is 5.71 Å². The molecule has 0 aliphatic heterocycles. The van der Waals surface area contributed by atoms with Crippen molar-refractivity contribution in [3.8, 4) is 0 Å². The number of rotatable bonds is 2. The summed E-state index contributed by atoms with van der Waals surface area (Å²) >= 11 is 0. The minimum Gasteiger partial charge on any atom is -0.309 e. The fourth-order valence-corrected chi connectivity index (χ4v) is 0.735. The first-order chi connectivity index (χ1) is 4.72. The molecule has 10 heavy (non-hydrogen) atoms. The first kappa shape index (κ1) is 6.99. The predicted octanol–water partition coefficient (Wildman–Crippen LogP) is 1.55. The van der Waals surface area contributed by atoms with Crippen LogP contribution >= 0.6 is 0 Å². The number of nitrogens with one attached hydrogen (secondary N) is 2. The van der Waals surface area contributed by atoms with Gasteiger partial charge in [0.1, 0.15) is 0 Å². The molecule has 0 saturated heterocycles. The highest BCUT2D eigenvalue weighted by Gasteiger charge is 2.07. The minimum atomic E-state index is 0.145. The summed E-state index contributed by atoms with van der Waals surface area (Å²) in [6, 6.07) is 1.89. The third-order valence-corrected chi connectivity index (χ3v) is 1.62. The third kappa shape index (κ3) is 1.23. The lowest BCUT2D eigenvalue weighted by Crippen LogP contribution is -2.03. The number of hydrogen-bond donors (Lipinski definition) is 2. The van der Waals surface area contributed by atoms with E-state index in [2.05, 4.69) is 10.2 Å². The fourth-order valence-electron chi connectivity index (χ4n) is 0.735. The Kier molecular flexibility index (Phi) is 1.85. The molecule has 0 aliphatic carbocycles. The molecular weight excluding hydrogens is 126 g/mol. The van der Waals surface area contributed by atoms with E-state index in [0.717, 1.165) is 5.69 Å². The Bertz CT molecular complexity index is 213. The zero-order chi connectivity index (χ0) is 7.56. The van der Waals surface area contributed by atoms with Crippen molar-refractivity contribution in [3.63, 3.8) is 0 Å². The Labute approximate surface area is 60.0 Å². The lowest BCUT2D eigenvalue weighted by molar-refractivity contribution is 0.907. The number of nitrogens with zero attached hydrogens (tertiary/aromatic N) is 1. The van der Waals surface area contributed by atoms with E-state index in [1.165, 1.54) is 0 Å². The van der Waals surface area contributed by atoms with Gasteiger partial charge in [0, 0.05) is 17.8 Å². The van der Waals surface area contributed by atoms with Crippen LogP contribution in [0.25, 0.3) is 0 Å². The molecule has 1 aromatic heterocycles. The summed E-state index contributed by atoms with van der Waals surface area (Å²) in [6.07, 6.45) is 1.77. The van der Waals surface area contributed by atoms with E-state index in [4.69, 9.17) is 5.41 Å². The molecule has 1 rings (SSSR count). The summed E-state index contributed by atoms with van der Waals surface area (Å²) in [7, 11) is 0. The van der Waals surface area contributed by atoms with Crippen LogP contribution < -0.4 is 0 Å². The smallest absolute Gasteiger partial charge is 0.0705 e. The maximum absolute atomic E-state index is 7.32. The molecule has 0 spiro atoms. The van der Waals surface area contributed by atoms with E-state index in [-0.39, 0.29) is 5.92 Å². The molecule has 0 saturated carbocycles. The molecule has 0 amide bonds. The molecule has 0 fully saturated rings. The second kappa shape index (κ2) is 2.64. The zero-order valence-corrected chi connectivity index (χ0v) is 6.18. The second-order valence-corrected chi connectivity index (χ2v) is 2.40. The van der Waals surface area contributed by atoms with E-state index in [1.807, 2.05) is 13.0 Å². The first-order valence-electron chi connectivity index (χ1n) is 3.26. The summed E-state index contributed by atoms with van der Waals surface area (Å²) in [5.41, 5.74) is 1.58. The summed E-state index contributed by atoms with van der Waals surface area (Å²) < 4.78 is 0. The highest BCUT2D eigenvalue weighted by atomic mass is 15.1. The van der Waals surface area contributed by atoms with Crippen LogP contribution in [0.1, 0.15) is 25.5 Å². The van der Waals surface area contributed by atoms with Gasteiger partial charge in [-0.05, 0) is 13.0 Å². The molecule has 0 aliphatic rings. The minimum absolute atomic E-state index is 0.145. The Hall–Kier alpha value is -1.12. The van der Waals surface area contributed by atoms with Crippen LogP contribution in [0.15, 0.2) is 12.3 Å². The fraction of sp³-hybridized carbons (Fsp3) is 0.429. The topological polar surface area (TPSA) is 52.5 Å². The maximum Gasteiger partial charge on any atom is 0.0705 e. The van der Waals surface area contributed by atoms with Crippen molar-refractivity contribution in [1.82, 2.24) is 10.2 Å². The molecular formula is C7H11N3. The van der Waals surface area contributed by atoms with Gasteiger partial charge in [-0.1, -0.05) is 6.92 Å². The molecule has 0 radical (unpaired) electrons. The molecule has 3 nitrogen and oxygen atoms in total. The van der Waals surface area contributed by atoms with Gasteiger partial charge in [0.2, 0.25) is 0 Å². The van der Waals surface area contributed by atoms with Crippen molar-refractivity contribution < 1.29 is 0 Å². The van der Waals surface area contributed by atoms with Crippen molar-refractivity contribution in [1.29, 1.82) is 5.41 Å². The van der Waals surface area contributed by atoms with Gasteiger partial charge in [-0.3, -0.25) is 5.10 Å². The van der Waals surface area contributed by atoms with Crippen LogP contribution in [0.4, 0.5) is 0 Å². The Morgan fingerprint density at radius 1 is 1.80 bits per heavy atom. The first-order valence-corrected chi connectivity index (χ1v) is 3.26. The quantitative estimate of drug-likeness (QED) is 0.597. The zero-order valence-electron chi connectivity index (χ0n) is 6.18. The number of H-pyrrole nitrogens is 1. The molecule has 3 heteroatoms. The normalized spacial score (nSPS) is 13.0. The van der Waals surface area contributed by atoms with Crippen molar-refractivity contribution in [2.45, 2.75) is 19.8 Å². The Morgan fingerprint density at radius 3 is 2.90 bits per heavy atom. The largest absolute Gasteiger partial charge is 0.309 e. The third-order valence-electron chi connectivity index (χ3n) is 1.62. The summed E-state index contributed by atoms with van der Waals surface area (Å²) in [5, 5.41) is 14.0. The standard InChI is InChI=1S/C7H11N3/c1-5(6(2)8)7-3-4-9-10-7/h3-5,8H,1-2H3,(H,9,10). The number of hydrogen-bond acceptors (Lipinski definition) is 2. The van der Waals surface area contributed by atoms with Gasteiger partial charge in [0.15, 0.2) is 0 Å². The van der Waals surface area contributed by atoms with Gasteiger partial charge in [0.25, 0.3) is 0 Å². The van der Waals surface area contributed by atoms with Crippen LogP contribution in [0, 0.1) is 5.41 Å². The van der Waals surface area contributed by atoms with Crippen molar-refractivity contribution in [2.24, 2.45) is 0 Å². The van der Waals surface area contributed by atoms with Crippen molar-refractivity contribution >= 4 is 5.71 Å². The van der Waals surface area contributed by atoms with Gasteiger partial charge in [0.05, 0.1) is 5.69 Å². The Morgan fingerprint density at radius 2 is 2.50 bits per heavy atom. The highest BCUT2D eigenvalue weighted by molar-refractivity contribution is 5.84. The number of aromatic nitrogens is 2. The second-order valence-electron chi connectivity index (χ2n) is 2.40. The van der Waals surface area contributed by atoms with Crippen LogP contribution in [0.5, 0.6) is 0 Å². The maximum atomic E-state index is 7.32. The molecule has 1 unspecified atom stereocenters. The van der Waals surface area contributed by atoms with Crippen LogP contribution in [-0.2, 0) is 0 Å². The van der Waals surface area contributed by atoms with E-state index < -0.39 is 0 Å². The highest BCUT2D eigenvalue weighted by Crippen LogP contribution is 2.11. The lowest BCUT2D eigenvalue weighted by Gasteiger charge is -2.03. The van der Waals surface area contributed by atoms with Crippen molar-refractivity contribution in [3.05, 3.63) is 18.0 Å². The van der Waals surface area contributed by atoms with E-state index in [9.17, 15) is 0 Å². The molecule has 1 aromatic rings. The average molecular weight is 137 g/mol. The van der Waals surface area contributed by atoms with E-state index >= 15 is 0 Å². The molecule has 0 aromatic carbocycles. The van der Waals surface area contributed by atoms with E-state index in [1.54, 1.807) is 13.1 Å². The van der Waals surface area contributed by atoms with Crippen LogP contribution in [0.2, 0.25) is 0 Å². The Balaban J connectivity index is 2.77. The molecule has 0 bridgehead atoms. The van der Waals surface area contributed by atoms with Gasteiger partial charge in [-0.25, -0.2) is 0 Å². The SMILES string of the molecule is CC(=N)C(C)c1cc[nH]n1. The summed E-state index contributed by atoms with van der Waals surface area (Å²) in [5.74, 6) is 0.145. The summed E-state index contributed by atoms with van der Waals surface area (Å²) in [6.45, 7) is 3.76. The molecule has 1 heterocycles. The van der Waals surface area contributed by atoms with Crippen LogP contribution in [-0.4, -0.2) is 15.9 Å². The number of aromatic amines is 1. The molecule has 54 valence electrons. The van der Waals surface area contributed by atoms with Gasteiger partial charge in [-0.15, -0.1) is 0 Å². The lowest BCUT2D eigenvalue weighted by atomic mass is 10.0. The average Bonchev–Trinajstić information content (AvgIpc) is 2.36. The van der Waals surface area contributed by atoms with Crippen LogP contribution in [0.3, 0.4) is 0 Å². The summed E-state index contributed by atoms with van der Waals surface area (Å²) in [4.78, 5) is 0. The molecule has 2 N–H and O–H groups in total. The monoisotopic (exact) mass is 137 g/mol. The predicted molar refractivity (Wildman–Crippen MR) is 40.4 cm³/mol. The van der Waals surface area contributed by atoms with Gasteiger partial charge >= 0.3 is 0 Å². The van der Waals surface area contributed by atoms with Crippen molar-refractivity contribution in [2.75, 3.05) is 0 Å². The molecule has 1 atom stereocenters. The van der Waals surface area contributed by atoms with Gasteiger partial charge in [-0.2, -0.15) is 5.10 Å².